The molecule has 1 aromatic rings. The van der Waals surface area contributed by atoms with Crippen molar-refractivity contribution in [2.75, 3.05) is 0 Å². The largest absolute Gasteiger partial charge is 0.195 e. The Morgan fingerprint density at radius 1 is 1.22 bits per heavy atom. The van der Waals surface area contributed by atoms with E-state index >= 15 is 0 Å². The minimum atomic E-state index is 0.575. The molecule has 46 valence electrons. The predicted molar refractivity (Wildman–Crippen MR) is 47.4 cm³/mol. The molecular weight excluding hydrogens is 126 g/mol. The van der Waals surface area contributed by atoms with Crippen LogP contribution in [0.3, 0.4) is 0 Å². The molecule has 0 aliphatic rings. The predicted octanol–water partition coefficient (Wildman–Crippen LogP) is 1.39. The second-order valence-corrected chi connectivity index (χ2v) is 3.20. The Balaban J connectivity index is 2.85. The van der Waals surface area contributed by atoms with Crippen LogP contribution >= 0.6 is 9.12 Å². The van der Waals surface area contributed by atoms with Crippen molar-refractivity contribution >= 4 is 21.0 Å². The van der Waals surface area contributed by atoms with Crippen LogP contribution in [0.2, 0.25) is 6.82 Å². The summed E-state index contributed by atoms with van der Waals surface area (Å²) in [7, 11) is 2.77. The molecule has 1 aromatic carbocycles. The van der Waals surface area contributed by atoms with Crippen LogP contribution in [-0.2, 0) is 0 Å². The van der Waals surface area contributed by atoms with Gasteiger partial charge in [0.25, 0.3) is 0 Å². The number of hydrogen-bond acceptors (Lipinski definition) is 0. The van der Waals surface area contributed by atoms with Crippen LogP contribution < -0.4 is 5.46 Å². The first-order valence-corrected chi connectivity index (χ1v) is 3.78. The third-order valence-corrected chi connectivity index (χ3v) is 1.71. The van der Waals surface area contributed by atoms with E-state index in [1.807, 2.05) is 6.07 Å². The highest BCUT2D eigenvalue weighted by molar-refractivity contribution is 7.64. The van der Waals surface area contributed by atoms with E-state index in [0.717, 1.165) is 0 Å². The van der Waals surface area contributed by atoms with Crippen LogP contribution in [0.15, 0.2) is 30.3 Å². The van der Waals surface area contributed by atoms with Crippen LogP contribution in [0.25, 0.3) is 0 Å². The molecule has 2 heteroatoms. The van der Waals surface area contributed by atoms with Crippen molar-refractivity contribution in [1.29, 1.82) is 0 Å². The van der Waals surface area contributed by atoms with Gasteiger partial charge in [-0.15, -0.1) is 0 Å². The fraction of sp³-hybridized carbons (Fsp3) is 0.143. The van der Waals surface area contributed by atoms with E-state index in [-0.39, 0.29) is 0 Å². The molecule has 0 amide bonds. The first-order chi connectivity index (χ1) is 4.30. The topological polar surface area (TPSA) is 0 Å². The van der Waals surface area contributed by atoms with Gasteiger partial charge in [-0.1, -0.05) is 42.6 Å². The summed E-state index contributed by atoms with van der Waals surface area (Å²) < 4.78 is 0. The second-order valence-electron chi connectivity index (χ2n) is 2.20. The number of rotatable bonds is 1. The molecule has 0 saturated carbocycles. The van der Waals surface area contributed by atoms with Gasteiger partial charge in [0.05, 0.1) is 0 Å². The second kappa shape index (κ2) is 3.03. The van der Waals surface area contributed by atoms with Crippen molar-refractivity contribution in [3.05, 3.63) is 30.3 Å². The molecule has 9 heavy (non-hydrogen) atoms. The molecular formula is C7H10BP. The molecule has 0 fully saturated rings. The Morgan fingerprint density at radius 2 is 1.78 bits per heavy atom. The molecule has 0 aromatic heterocycles. The zero-order valence-electron chi connectivity index (χ0n) is 5.54. The summed E-state index contributed by atoms with van der Waals surface area (Å²) in [6, 6.07) is 10.4. The zero-order valence-corrected chi connectivity index (χ0v) is 6.70. The van der Waals surface area contributed by atoms with E-state index in [4.69, 9.17) is 0 Å². The maximum atomic E-state index is 2.77. The Kier molecular flexibility index (Phi) is 2.30. The van der Waals surface area contributed by atoms with Crippen molar-refractivity contribution < 1.29 is 0 Å². The molecule has 0 saturated heterocycles. The molecule has 0 heterocycles. The molecule has 0 N–H and O–H groups in total. The van der Waals surface area contributed by atoms with Gasteiger partial charge in [0, 0.05) is 0 Å². The first-order valence-electron chi connectivity index (χ1n) is 3.11. The van der Waals surface area contributed by atoms with E-state index in [1.165, 1.54) is 5.46 Å². The van der Waals surface area contributed by atoms with E-state index in [9.17, 15) is 0 Å². The van der Waals surface area contributed by atoms with E-state index in [0.29, 0.717) is 6.43 Å². The third kappa shape index (κ3) is 1.84. The highest BCUT2D eigenvalue weighted by atomic mass is 31.0. The molecule has 1 unspecified atom stereocenters. The van der Waals surface area contributed by atoms with Crippen molar-refractivity contribution in [3.8, 4) is 0 Å². The average Bonchev–Trinajstić information content (AvgIpc) is 1.90. The summed E-state index contributed by atoms with van der Waals surface area (Å²) >= 11 is 0. The molecule has 1 atom stereocenters. The lowest BCUT2D eigenvalue weighted by Gasteiger charge is -1.97. The Morgan fingerprint density at radius 3 is 2.11 bits per heavy atom. The number of benzene rings is 1. The minimum absolute atomic E-state index is 0.575. The van der Waals surface area contributed by atoms with Crippen LogP contribution in [0.5, 0.6) is 0 Å². The zero-order chi connectivity index (χ0) is 6.69. The highest BCUT2D eigenvalue weighted by Gasteiger charge is 1.98. The van der Waals surface area contributed by atoms with Gasteiger partial charge in [0.15, 0.2) is 6.43 Å². The highest BCUT2D eigenvalue weighted by Crippen LogP contribution is 1.93. The SMILES string of the molecule is CB(P)c1ccccc1. The lowest BCUT2D eigenvalue weighted by molar-refractivity contribution is 1.76. The summed E-state index contributed by atoms with van der Waals surface area (Å²) in [5, 5.41) is 0. The summed E-state index contributed by atoms with van der Waals surface area (Å²) in [5.41, 5.74) is 1.38. The van der Waals surface area contributed by atoms with Crippen LogP contribution in [-0.4, -0.2) is 6.43 Å². The molecule has 0 aliphatic heterocycles. The normalized spacial score (nSPS) is 9.11. The lowest BCUT2D eigenvalue weighted by Crippen LogP contribution is -2.18. The lowest BCUT2D eigenvalue weighted by atomic mass is 9.71. The van der Waals surface area contributed by atoms with Gasteiger partial charge in [-0.05, 0) is 0 Å². The fourth-order valence-electron chi connectivity index (χ4n) is 0.757. The molecule has 1 rings (SSSR count). The van der Waals surface area contributed by atoms with Gasteiger partial charge in [-0.2, -0.15) is 9.12 Å². The fourth-order valence-corrected chi connectivity index (χ4v) is 0.979. The monoisotopic (exact) mass is 136 g/mol. The van der Waals surface area contributed by atoms with Gasteiger partial charge in [0.1, 0.15) is 0 Å². The molecule has 0 bridgehead atoms. The van der Waals surface area contributed by atoms with Crippen molar-refractivity contribution in [2.45, 2.75) is 6.82 Å². The molecule has 0 aliphatic carbocycles. The van der Waals surface area contributed by atoms with Crippen molar-refractivity contribution in [2.24, 2.45) is 0 Å². The van der Waals surface area contributed by atoms with Crippen LogP contribution in [0.1, 0.15) is 0 Å². The summed E-state index contributed by atoms with van der Waals surface area (Å²) in [4.78, 5) is 0. The van der Waals surface area contributed by atoms with E-state index in [2.05, 4.69) is 40.2 Å². The maximum absolute atomic E-state index is 2.77. The summed E-state index contributed by atoms with van der Waals surface area (Å²) in [5.74, 6) is 0. The van der Waals surface area contributed by atoms with Gasteiger partial charge < -0.3 is 0 Å². The quantitative estimate of drug-likeness (QED) is 0.404. The maximum Gasteiger partial charge on any atom is 0.195 e. The van der Waals surface area contributed by atoms with Crippen LogP contribution in [0.4, 0.5) is 0 Å². The smallest absolute Gasteiger partial charge is 0.166 e. The average molecular weight is 136 g/mol. The summed E-state index contributed by atoms with van der Waals surface area (Å²) in [6.45, 7) is 2.17. The summed E-state index contributed by atoms with van der Waals surface area (Å²) in [6.07, 6.45) is 0.575. The van der Waals surface area contributed by atoms with Gasteiger partial charge in [-0.3, -0.25) is 0 Å². The molecule has 0 radical (unpaired) electrons. The van der Waals surface area contributed by atoms with Gasteiger partial charge >= 0.3 is 0 Å². The van der Waals surface area contributed by atoms with Gasteiger partial charge in [0.2, 0.25) is 0 Å². The van der Waals surface area contributed by atoms with E-state index in [1.54, 1.807) is 0 Å². The Hall–Kier alpha value is -0.285. The van der Waals surface area contributed by atoms with Crippen LogP contribution in [0, 0.1) is 0 Å². The van der Waals surface area contributed by atoms with Gasteiger partial charge in [-0.25, -0.2) is 0 Å². The number of hydrogen-bond donors (Lipinski definition) is 0. The third-order valence-electron chi connectivity index (χ3n) is 1.33. The van der Waals surface area contributed by atoms with Crippen molar-refractivity contribution in [3.63, 3.8) is 0 Å². The standard InChI is InChI=1S/C7H10BP/c1-8(9)7-5-3-2-4-6-7/h2-6H,9H2,1H3. The Labute approximate surface area is 58.9 Å². The van der Waals surface area contributed by atoms with E-state index < -0.39 is 0 Å². The Bertz CT molecular complexity index is 172. The molecule has 0 nitrogen and oxygen atoms in total. The minimum Gasteiger partial charge on any atom is -0.166 e. The molecule has 0 spiro atoms. The van der Waals surface area contributed by atoms with Crippen molar-refractivity contribution in [1.82, 2.24) is 0 Å². The first kappa shape index (κ1) is 6.83.